The maximum absolute atomic E-state index is 12.9. The molecule has 1 atom stereocenters. The number of hydrogen-bond acceptors (Lipinski definition) is 6. The standard InChI is InChI=1S/C67H120O6/c1-4-7-10-13-16-19-22-24-26-28-30-31-32-33-34-35-36-38-39-41-43-45-48-51-54-57-60-66(69)72-63-64(62-71-65(68)59-56-53-50-47-21-18-15-12-9-6-3)73-67(70)61-58-55-52-49-46-44-42-40-37-29-27-25-23-20-17-14-11-8-5-2/h8,11,17,20,25,27,37,40,44,46,64H,4-7,9-10,12-16,18-19,21-24,26,28-36,38-39,41-43,45,47-63H2,1-3H3/b11-8-,20-17-,27-25-,40-37-,46-44-. The van der Waals surface area contributed by atoms with E-state index in [0.29, 0.717) is 19.3 Å². The quantitative estimate of drug-likeness (QED) is 0.0261. The Morgan fingerprint density at radius 2 is 0.534 bits per heavy atom. The average molecular weight is 1020 g/mol. The first-order chi connectivity index (χ1) is 36.0. The van der Waals surface area contributed by atoms with Gasteiger partial charge in [0.05, 0.1) is 0 Å². The molecule has 73 heavy (non-hydrogen) atoms. The molecular formula is C67H120O6. The molecule has 0 saturated heterocycles. The van der Waals surface area contributed by atoms with E-state index in [0.717, 1.165) is 96.3 Å². The second kappa shape index (κ2) is 61.7. The molecule has 0 aliphatic carbocycles. The number of esters is 3. The summed E-state index contributed by atoms with van der Waals surface area (Å²) in [6.07, 6.45) is 78.2. The summed E-state index contributed by atoms with van der Waals surface area (Å²) in [7, 11) is 0. The minimum absolute atomic E-state index is 0.0837. The van der Waals surface area contributed by atoms with Gasteiger partial charge in [-0.1, -0.05) is 306 Å². The van der Waals surface area contributed by atoms with E-state index in [2.05, 4.69) is 81.5 Å². The maximum atomic E-state index is 12.9. The predicted molar refractivity (Wildman–Crippen MR) is 316 cm³/mol. The lowest BCUT2D eigenvalue weighted by Crippen LogP contribution is -2.30. The molecule has 0 aromatic heterocycles. The van der Waals surface area contributed by atoms with Crippen molar-refractivity contribution >= 4 is 17.9 Å². The molecule has 0 spiro atoms. The van der Waals surface area contributed by atoms with Crippen LogP contribution in [0.25, 0.3) is 0 Å². The highest BCUT2D eigenvalue weighted by Crippen LogP contribution is 2.18. The molecule has 0 saturated carbocycles. The van der Waals surface area contributed by atoms with Crippen molar-refractivity contribution in [3.8, 4) is 0 Å². The van der Waals surface area contributed by atoms with E-state index in [1.54, 1.807) is 0 Å². The zero-order valence-electron chi connectivity index (χ0n) is 48.7. The second-order valence-electron chi connectivity index (χ2n) is 21.3. The molecule has 0 bridgehead atoms. The summed E-state index contributed by atoms with van der Waals surface area (Å²) in [6.45, 7) is 6.53. The zero-order chi connectivity index (χ0) is 52.9. The number of allylic oxidation sites excluding steroid dienone is 10. The summed E-state index contributed by atoms with van der Waals surface area (Å²) in [5.41, 5.74) is 0. The molecular weight excluding hydrogens is 901 g/mol. The molecule has 0 radical (unpaired) electrons. The molecule has 0 rings (SSSR count). The average Bonchev–Trinajstić information content (AvgIpc) is 3.39. The van der Waals surface area contributed by atoms with Crippen LogP contribution >= 0.6 is 0 Å². The number of carbonyl (C=O) groups excluding carboxylic acids is 3. The lowest BCUT2D eigenvalue weighted by atomic mass is 10.0. The van der Waals surface area contributed by atoms with Crippen LogP contribution in [0.1, 0.15) is 329 Å². The van der Waals surface area contributed by atoms with Crippen molar-refractivity contribution in [2.45, 2.75) is 335 Å². The van der Waals surface area contributed by atoms with Crippen LogP contribution in [0.4, 0.5) is 0 Å². The molecule has 1 unspecified atom stereocenters. The fourth-order valence-electron chi connectivity index (χ4n) is 9.30. The highest BCUT2D eigenvalue weighted by molar-refractivity contribution is 5.71. The summed E-state index contributed by atoms with van der Waals surface area (Å²) in [4.78, 5) is 38.2. The number of ether oxygens (including phenoxy) is 3. The summed E-state index contributed by atoms with van der Waals surface area (Å²) < 4.78 is 16.9. The fraction of sp³-hybridized carbons (Fsp3) is 0.806. The molecule has 0 N–H and O–H groups in total. The van der Waals surface area contributed by atoms with E-state index in [1.165, 1.54) is 193 Å². The summed E-state index contributed by atoms with van der Waals surface area (Å²) >= 11 is 0. The summed E-state index contributed by atoms with van der Waals surface area (Å²) in [5, 5.41) is 0. The maximum Gasteiger partial charge on any atom is 0.306 e. The van der Waals surface area contributed by atoms with Crippen molar-refractivity contribution in [1.82, 2.24) is 0 Å². The van der Waals surface area contributed by atoms with Crippen molar-refractivity contribution in [1.29, 1.82) is 0 Å². The molecule has 0 aliphatic heterocycles. The van der Waals surface area contributed by atoms with E-state index in [4.69, 9.17) is 14.2 Å². The molecule has 0 amide bonds. The third kappa shape index (κ3) is 59.9. The van der Waals surface area contributed by atoms with Crippen LogP contribution in [0.5, 0.6) is 0 Å². The molecule has 0 aromatic carbocycles. The highest BCUT2D eigenvalue weighted by atomic mass is 16.6. The van der Waals surface area contributed by atoms with Crippen LogP contribution in [0.3, 0.4) is 0 Å². The Kier molecular flexibility index (Phi) is 59.2. The van der Waals surface area contributed by atoms with Crippen LogP contribution in [0.2, 0.25) is 0 Å². The number of carbonyl (C=O) groups is 3. The molecule has 424 valence electrons. The van der Waals surface area contributed by atoms with Crippen molar-refractivity contribution in [2.75, 3.05) is 13.2 Å². The smallest absolute Gasteiger partial charge is 0.306 e. The minimum atomic E-state index is -0.789. The Hall–Kier alpha value is -2.89. The third-order valence-corrected chi connectivity index (χ3v) is 14.0. The van der Waals surface area contributed by atoms with E-state index in [1.807, 2.05) is 0 Å². The lowest BCUT2D eigenvalue weighted by Gasteiger charge is -2.18. The van der Waals surface area contributed by atoms with Gasteiger partial charge in [-0.25, -0.2) is 0 Å². The first-order valence-corrected chi connectivity index (χ1v) is 31.8. The molecule has 0 aliphatic rings. The van der Waals surface area contributed by atoms with Crippen LogP contribution in [0.15, 0.2) is 60.8 Å². The van der Waals surface area contributed by atoms with Gasteiger partial charge in [-0.15, -0.1) is 0 Å². The number of rotatable bonds is 58. The summed E-state index contributed by atoms with van der Waals surface area (Å²) in [5.74, 6) is -0.901. The van der Waals surface area contributed by atoms with Gasteiger partial charge >= 0.3 is 17.9 Å². The highest BCUT2D eigenvalue weighted by Gasteiger charge is 2.19. The second-order valence-corrected chi connectivity index (χ2v) is 21.3. The van der Waals surface area contributed by atoms with Gasteiger partial charge in [0, 0.05) is 19.3 Å². The van der Waals surface area contributed by atoms with E-state index in [9.17, 15) is 14.4 Å². The van der Waals surface area contributed by atoms with Crippen LogP contribution < -0.4 is 0 Å². The fourth-order valence-corrected chi connectivity index (χ4v) is 9.30. The molecule has 6 heteroatoms. The van der Waals surface area contributed by atoms with Crippen molar-refractivity contribution in [3.63, 3.8) is 0 Å². The van der Waals surface area contributed by atoms with Gasteiger partial charge in [0.2, 0.25) is 0 Å². The van der Waals surface area contributed by atoms with Gasteiger partial charge in [0.25, 0.3) is 0 Å². The van der Waals surface area contributed by atoms with Gasteiger partial charge in [0.15, 0.2) is 6.10 Å². The Bertz CT molecular complexity index is 1310. The first-order valence-electron chi connectivity index (χ1n) is 31.8. The van der Waals surface area contributed by atoms with Gasteiger partial charge in [0.1, 0.15) is 13.2 Å². The Balaban J connectivity index is 4.22. The topological polar surface area (TPSA) is 78.9 Å². The largest absolute Gasteiger partial charge is 0.462 e. The number of hydrogen-bond donors (Lipinski definition) is 0. The van der Waals surface area contributed by atoms with Gasteiger partial charge in [-0.05, 0) is 64.2 Å². The predicted octanol–water partition coefficient (Wildman–Crippen LogP) is 21.6. The van der Waals surface area contributed by atoms with Crippen molar-refractivity contribution in [3.05, 3.63) is 60.8 Å². The van der Waals surface area contributed by atoms with E-state index < -0.39 is 6.10 Å². The van der Waals surface area contributed by atoms with Gasteiger partial charge in [-0.2, -0.15) is 0 Å². The Labute approximate surface area is 453 Å². The monoisotopic (exact) mass is 1020 g/mol. The normalized spacial score (nSPS) is 12.4. The molecule has 0 aromatic rings. The Morgan fingerprint density at radius 1 is 0.288 bits per heavy atom. The summed E-state index contributed by atoms with van der Waals surface area (Å²) in [6, 6.07) is 0. The lowest BCUT2D eigenvalue weighted by molar-refractivity contribution is -0.167. The SMILES string of the molecule is CC/C=C\C/C=C\C/C=C\C/C=C\C/C=C\CCCCCC(=O)OC(COC(=O)CCCCCCCCCCCC)COC(=O)CCCCCCCCCCCCCCCCCCCCCCCCCCCC. The number of unbranched alkanes of at least 4 members (excludes halogenated alkanes) is 37. The van der Waals surface area contributed by atoms with E-state index >= 15 is 0 Å². The first kappa shape index (κ1) is 70.1. The zero-order valence-corrected chi connectivity index (χ0v) is 48.7. The molecule has 0 heterocycles. The van der Waals surface area contributed by atoms with Crippen LogP contribution in [0, 0.1) is 0 Å². The van der Waals surface area contributed by atoms with Crippen molar-refractivity contribution in [2.24, 2.45) is 0 Å². The van der Waals surface area contributed by atoms with Crippen LogP contribution in [-0.4, -0.2) is 37.2 Å². The Morgan fingerprint density at radius 3 is 0.836 bits per heavy atom. The molecule has 6 nitrogen and oxygen atoms in total. The third-order valence-electron chi connectivity index (χ3n) is 14.0. The van der Waals surface area contributed by atoms with Gasteiger partial charge in [-0.3, -0.25) is 14.4 Å². The minimum Gasteiger partial charge on any atom is -0.462 e. The van der Waals surface area contributed by atoms with Crippen LogP contribution in [-0.2, 0) is 28.6 Å². The molecule has 0 fully saturated rings. The van der Waals surface area contributed by atoms with Gasteiger partial charge < -0.3 is 14.2 Å². The van der Waals surface area contributed by atoms with Crippen molar-refractivity contribution < 1.29 is 28.6 Å². The van der Waals surface area contributed by atoms with E-state index in [-0.39, 0.29) is 31.1 Å².